The van der Waals surface area contributed by atoms with E-state index >= 15 is 0 Å². The first-order chi connectivity index (χ1) is 4.91. The highest BCUT2D eigenvalue weighted by Gasteiger charge is 2.20. The smallest absolute Gasteiger partial charge is 0.418 e. The first kappa shape index (κ1) is 13.4. The van der Waals surface area contributed by atoms with Gasteiger partial charge in [0.2, 0.25) is 0 Å². The van der Waals surface area contributed by atoms with Gasteiger partial charge in [-0.25, -0.2) is 0 Å². The lowest BCUT2D eigenvalue weighted by Gasteiger charge is -1.94. The van der Waals surface area contributed by atoms with Crippen molar-refractivity contribution in [3.8, 4) is 0 Å². The van der Waals surface area contributed by atoms with Crippen LogP contribution < -0.4 is 0 Å². The third kappa shape index (κ3) is 76.5. The van der Waals surface area contributed by atoms with E-state index in [2.05, 4.69) is 13.8 Å². The Labute approximate surface area is 65.1 Å². The summed E-state index contributed by atoms with van der Waals surface area (Å²) in [5, 5.41) is 0. The van der Waals surface area contributed by atoms with Crippen LogP contribution in [0.5, 0.6) is 0 Å². The van der Waals surface area contributed by atoms with Crippen molar-refractivity contribution in [2.24, 2.45) is 0 Å². The van der Waals surface area contributed by atoms with Gasteiger partial charge < -0.3 is 17.3 Å². The lowest BCUT2D eigenvalue weighted by molar-refractivity contribution is 0.368. The summed E-state index contributed by atoms with van der Waals surface area (Å²) in [4.78, 5) is 0. The summed E-state index contributed by atoms with van der Waals surface area (Å²) in [5.41, 5.74) is 0. The second-order valence-corrected chi connectivity index (χ2v) is 2.20. The van der Waals surface area contributed by atoms with Crippen LogP contribution in [-0.2, 0) is 0 Å². The van der Waals surface area contributed by atoms with Crippen molar-refractivity contribution in [2.45, 2.75) is 39.5 Å². The van der Waals surface area contributed by atoms with E-state index in [4.69, 9.17) is 0 Å². The summed E-state index contributed by atoms with van der Waals surface area (Å²) < 4.78 is 39.0. The first-order valence-electron chi connectivity index (χ1n) is 3.79. The molecule has 0 nitrogen and oxygen atoms in total. The molecule has 11 heavy (non-hydrogen) atoms. The van der Waals surface area contributed by atoms with Crippen LogP contribution in [0.25, 0.3) is 0 Å². The highest BCUT2D eigenvalue weighted by molar-refractivity contribution is 6.50. The fourth-order valence-corrected chi connectivity index (χ4v) is 0.500. The molecule has 0 saturated heterocycles. The molecule has 0 saturated carbocycles. The van der Waals surface area contributed by atoms with Crippen molar-refractivity contribution >= 4 is 7.25 Å². The summed E-state index contributed by atoms with van der Waals surface area (Å²) in [7, 11) is -6.00. The number of hydrogen-bond acceptors (Lipinski definition) is 0. The highest BCUT2D eigenvalue weighted by atomic mass is 19.5. The Morgan fingerprint density at radius 1 is 0.818 bits per heavy atom. The maximum Gasteiger partial charge on any atom is 0.673 e. The average Bonchev–Trinajstić information content (AvgIpc) is 1.79. The van der Waals surface area contributed by atoms with Crippen molar-refractivity contribution in [1.29, 1.82) is 0 Å². The minimum absolute atomic E-state index is 1.36. The van der Waals surface area contributed by atoms with E-state index in [9.17, 15) is 17.3 Å². The van der Waals surface area contributed by atoms with Gasteiger partial charge in [0, 0.05) is 0 Å². The van der Waals surface area contributed by atoms with Gasteiger partial charge in [0.25, 0.3) is 0 Å². The number of unbranched alkanes of at least 4 members (excludes halogenated alkanes) is 3. The SMILES string of the molecule is CCCCCC.F[B-](F)(F)F. The molecule has 0 aromatic carbocycles. The molecule has 0 amide bonds. The maximum atomic E-state index is 9.75. The Kier molecular flexibility index (Phi) is 9.59. The standard InChI is InChI=1S/C6H14.BF4/c1-3-5-6-4-2;2-1(3,4)5/h3-6H2,1-2H3;/q;-1. The summed E-state index contributed by atoms with van der Waals surface area (Å²) in [5.74, 6) is 0. The number of hydrogen-bond donors (Lipinski definition) is 0. The van der Waals surface area contributed by atoms with Crippen molar-refractivity contribution in [2.75, 3.05) is 0 Å². The van der Waals surface area contributed by atoms with Crippen molar-refractivity contribution in [3.63, 3.8) is 0 Å². The fraction of sp³-hybridized carbons (Fsp3) is 1.00. The van der Waals surface area contributed by atoms with Gasteiger partial charge in [-0.05, 0) is 0 Å². The quantitative estimate of drug-likeness (QED) is 0.345. The van der Waals surface area contributed by atoms with Crippen LogP contribution >= 0.6 is 0 Å². The van der Waals surface area contributed by atoms with E-state index in [-0.39, 0.29) is 0 Å². The van der Waals surface area contributed by atoms with Crippen LogP contribution in [0.1, 0.15) is 39.5 Å². The molecule has 0 aliphatic carbocycles. The monoisotopic (exact) mass is 173 g/mol. The van der Waals surface area contributed by atoms with Crippen LogP contribution in [0.3, 0.4) is 0 Å². The van der Waals surface area contributed by atoms with Crippen molar-refractivity contribution in [3.05, 3.63) is 0 Å². The van der Waals surface area contributed by atoms with Gasteiger partial charge in [-0.3, -0.25) is 0 Å². The third-order valence-corrected chi connectivity index (χ3v) is 0.957. The van der Waals surface area contributed by atoms with Crippen LogP contribution in [0.4, 0.5) is 17.3 Å². The van der Waals surface area contributed by atoms with Gasteiger partial charge in [-0.2, -0.15) is 0 Å². The van der Waals surface area contributed by atoms with E-state index in [1.807, 2.05) is 0 Å². The van der Waals surface area contributed by atoms with Gasteiger partial charge >= 0.3 is 7.25 Å². The zero-order chi connectivity index (χ0) is 9.33. The van der Waals surface area contributed by atoms with Crippen LogP contribution in [0, 0.1) is 0 Å². The summed E-state index contributed by atoms with van der Waals surface area (Å²) in [6.07, 6.45) is 5.54. The van der Waals surface area contributed by atoms with Gasteiger partial charge in [-0.15, -0.1) is 0 Å². The second kappa shape index (κ2) is 7.89. The molecule has 0 rings (SSSR count). The third-order valence-electron chi connectivity index (χ3n) is 0.957. The van der Waals surface area contributed by atoms with Crippen molar-refractivity contribution < 1.29 is 17.3 Å². The Morgan fingerprint density at radius 3 is 1.09 bits per heavy atom. The lowest BCUT2D eigenvalue weighted by Crippen LogP contribution is -2.02. The molecule has 0 spiro atoms. The molecule has 0 aliphatic heterocycles. The van der Waals surface area contributed by atoms with Gasteiger partial charge in [-0.1, -0.05) is 39.5 Å². The topological polar surface area (TPSA) is 0 Å². The Morgan fingerprint density at radius 2 is 1.00 bits per heavy atom. The largest absolute Gasteiger partial charge is 0.673 e. The molecule has 0 aromatic heterocycles. The minimum Gasteiger partial charge on any atom is -0.418 e. The molecule has 0 radical (unpaired) electrons. The van der Waals surface area contributed by atoms with Gasteiger partial charge in [0.1, 0.15) is 0 Å². The molecule has 5 heteroatoms. The Bertz CT molecular complexity index is 61.5. The molecule has 0 bridgehead atoms. The van der Waals surface area contributed by atoms with E-state index in [1.54, 1.807) is 0 Å². The first-order valence-corrected chi connectivity index (χ1v) is 3.79. The van der Waals surface area contributed by atoms with Crippen molar-refractivity contribution in [1.82, 2.24) is 0 Å². The predicted octanol–water partition coefficient (Wildman–Crippen LogP) is 3.89. The summed E-state index contributed by atoms with van der Waals surface area (Å²) >= 11 is 0. The van der Waals surface area contributed by atoms with Gasteiger partial charge in [0.15, 0.2) is 0 Å². The second-order valence-electron chi connectivity index (χ2n) is 2.20. The lowest BCUT2D eigenvalue weighted by atomic mass is 10.2. The zero-order valence-corrected chi connectivity index (χ0v) is 6.92. The minimum atomic E-state index is -6.00. The number of rotatable bonds is 3. The molecule has 0 aliphatic rings. The maximum absolute atomic E-state index is 9.75. The molecule has 70 valence electrons. The molecular weight excluding hydrogens is 159 g/mol. The van der Waals surface area contributed by atoms with Crippen LogP contribution in [-0.4, -0.2) is 7.25 Å². The predicted molar refractivity (Wildman–Crippen MR) is 40.0 cm³/mol. The van der Waals surface area contributed by atoms with E-state index in [1.165, 1.54) is 25.7 Å². The molecular formula is C6H14BF4-. The Hall–Kier alpha value is -0.215. The highest BCUT2D eigenvalue weighted by Crippen LogP contribution is 2.06. The van der Waals surface area contributed by atoms with E-state index in [0.717, 1.165) is 0 Å². The molecule has 0 atom stereocenters. The molecule has 0 heterocycles. The molecule has 0 aromatic rings. The molecule has 0 fully saturated rings. The van der Waals surface area contributed by atoms with E-state index in [0.29, 0.717) is 0 Å². The Balaban J connectivity index is 0. The fourth-order valence-electron chi connectivity index (χ4n) is 0.500. The average molecular weight is 173 g/mol. The summed E-state index contributed by atoms with van der Waals surface area (Å²) in [6.45, 7) is 4.46. The van der Waals surface area contributed by atoms with E-state index < -0.39 is 7.25 Å². The summed E-state index contributed by atoms with van der Waals surface area (Å²) in [6, 6.07) is 0. The normalized spacial score (nSPS) is 10.4. The molecule has 0 N–H and O–H groups in total. The van der Waals surface area contributed by atoms with Crippen LogP contribution in [0.2, 0.25) is 0 Å². The molecule has 0 unspecified atom stereocenters. The van der Waals surface area contributed by atoms with Crippen LogP contribution in [0.15, 0.2) is 0 Å². The zero-order valence-electron chi connectivity index (χ0n) is 6.92. The van der Waals surface area contributed by atoms with Gasteiger partial charge in [0.05, 0.1) is 0 Å². The number of halogens is 4.